The van der Waals surface area contributed by atoms with E-state index in [1.165, 1.54) is 0 Å². The van der Waals surface area contributed by atoms with Gasteiger partial charge in [0.1, 0.15) is 0 Å². The van der Waals surface area contributed by atoms with Gasteiger partial charge in [0.2, 0.25) is 0 Å². The second-order valence-electron chi connectivity index (χ2n) is 1.00. The number of hydrogen-bond acceptors (Lipinski definition) is 2. The van der Waals surface area contributed by atoms with E-state index < -0.39 is 6.10 Å². The Balaban J connectivity index is 2.75. The molecule has 0 fully saturated rings. The summed E-state index contributed by atoms with van der Waals surface area (Å²) in [6.45, 7) is -0.112. The van der Waals surface area contributed by atoms with Crippen molar-refractivity contribution in [3.8, 4) is 0 Å². The van der Waals surface area contributed by atoms with Crippen LogP contribution in [0.15, 0.2) is 0 Å². The van der Waals surface area contributed by atoms with Gasteiger partial charge in [0.15, 0.2) is 0 Å². The Labute approximate surface area is 48.1 Å². The van der Waals surface area contributed by atoms with Gasteiger partial charge in [-0.05, 0) is 0 Å². The molecule has 0 saturated carbocycles. The summed E-state index contributed by atoms with van der Waals surface area (Å²) in [5.41, 5.74) is 0. The Kier molecular flexibility index (Phi) is 4.17. The minimum atomic E-state index is -0.505. The van der Waals surface area contributed by atoms with Crippen molar-refractivity contribution in [1.29, 1.82) is 0 Å². The van der Waals surface area contributed by atoms with Gasteiger partial charge in [-0.1, -0.05) is 0 Å². The molecule has 0 heterocycles. The fraction of sp³-hybridized carbons (Fsp3) is 1.00. The topological polar surface area (TPSA) is 40.5 Å². The van der Waals surface area contributed by atoms with E-state index in [0.717, 1.165) is 0 Å². The predicted octanol–water partition coefficient (Wildman–Crippen LogP) is -0.695. The molecule has 0 aromatic heterocycles. The normalized spacial score (nSPS) is 14.3. The molecule has 0 aromatic rings. The van der Waals surface area contributed by atoms with Crippen molar-refractivity contribution < 1.29 is 30.0 Å². The summed E-state index contributed by atoms with van der Waals surface area (Å²) < 4.78 is 0. The first kappa shape index (κ1) is 6.61. The van der Waals surface area contributed by atoms with Crippen LogP contribution < -0.4 is 0 Å². The fourth-order valence-corrected chi connectivity index (χ4v) is 0.312. The predicted molar refractivity (Wildman–Crippen MR) is 17.9 cm³/mol. The Morgan fingerprint density at radius 1 is 1.67 bits per heavy atom. The summed E-state index contributed by atoms with van der Waals surface area (Å²) in [6, 6.07) is 0. The van der Waals surface area contributed by atoms with Crippen LogP contribution in [0, 0.1) is 0 Å². The molecule has 2 N–H and O–H groups in total. The molecule has 0 spiro atoms. The van der Waals surface area contributed by atoms with Crippen LogP contribution in [0.2, 0.25) is 4.81 Å². The molecule has 2 nitrogen and oxygen atoms in total. The Morgan fingerprint density at radius 3 is 2.17 bits per heavy atom. The number of aliphatic hydroxyl groups is 2. The van der Waals surface area contributed by atoms with Crippen LogP contribution >= 0.6 is 0 Å². The summed E-state index contributed by atoms with van der Waals surface area (Å²) in [5.74, 6) is 0. The monoisotopic (exact) mass is 173 g/mol. The van der Waals surface area contributed by atoms with Crippen LogP contribution in [-0.2, 0) is 19.8 Å². The third kappa shape index (κ3) is 2.83. The molecule has 0 saturated heterocycles. The van der Waals surface area contributed by atoms with Crippen molar-refractivity contribution in [3.05, 3.63) is 0 Å². The van der Waals surface area contributed by atoms with Gasteiger partial charge < -0.3 is 0 Å². The van der Waals surface area contributed by atoms with Crippen LogP contribution in [0.3, 0.4) is 0 Å². The molecule has 0 aromatic carbocycles. The molecule has 0 aliphatic carbocycles. The average Bonchev–Trinajstić information content (AvgIpc) is 1.65. The molecule has 0 amide bonds. The van der Waals surface area contributed by atoms with Crippen molar-refractivity contribution in [2.75, 3.05) is 6.61 Å². The Morgan fingerprint density at radius 2 is 2.17 bits per heavy atom. The molecular weight excluding hydrogens is 164 g/mol. The van der Waals surface area contributed by atoms with E-state index in [9.17, 15) is 0 Å². The molecule has 37 valence electrons. The van der Waals surface area contributed by atoms with Gasteiger partial charge in [0.05, 0.1) is 0 Å². The molecular formula is C3H7MoO2. The maximum atomic E-state index is 8.42. The van der Waals surface area contributed by atoms with E-state index in [1.807, 2.05) is 0 Å². The van der Waals surface area contributed by atoms with Crippen molar-refractivity contribution >= 4 is 0 Å². The van der Waals surface area contributed by atoms with Crippen molar-refractivity contribution in [2.45, 2.75) is 10.9 Å². The van der Waals surface area contributed by atoms with Gasteiger partial charge in [-0.25, -0.2) is 0 Å². The standard InChI is InChI=1S/C3H7O2.Mo/c1-3(5)2-4;/h3-5H,1-2H2;. The molecule has 0 bridgehead atoms. The van der Waals surface area contributed by atoms with Crippen LogP contribution in [0.5, 0.6) is 0 Å². The van der Waals surface area contributed by atoms with Gasteiger partial charge in [-0.3, -0.25) is 0 Å². The van der Waals surface area contributed by atoms with Crippen LogP contribution in [0.1, 0.15) is 0 Å². The Hall–Kier alpha value is 0.608. The molecule has 3 heteroatoms. The van der Waals surface area contributed by atoms with Crippen molar-refractivity contribution in [1.82, 2.24) is 0 Å². The van der Waals surface area contributed by atoms with Crippen molar-refractivity contribution in [2.24, 2.45) is 0 Å². The van der Waals surface area contributed by atoms with E-state index in [4.69, 9.17) is 10.2 Å². The van der Waals surface area contributed by atoms with Gasteiger partial charge in [-0.15, -0.1) is 0 Å². The van der Waals surface area contributed by atoms with Crippen LogP contribution in [0.25, 0.3) is 0 Å². The Bertz CT molecular complexity index is 28.0. The second-order valence-corrected chi connectivity index (χ2v) is 1.82. The molecule has 1 atom stereocenters. The summed E-state index contributed by atoms with van der Waals surface area (Å²) in [4.78, 5) is 0.645. The average molecular weight is 171 g/mol. The molecule has 0 aliphatic heterocycles. The first-order valence-corrected chi connectivity index (χ1v) is 3.10. The van der Waals surface area contributed by atoms with E-state index in [-0.39, 0.29) is 6.61 Å². The molecule has 1 unspecified atom stereocenters. The van der Waals surface area contributed by atoms with Gasteiger partial charge in [0.25, 0.3) is 0 Å². The second kappa shape index (κ2) is 3.79. The third-order valence-corrected chi connectivity index (χ3v) is 1.35. The number of aliphatic hydroxyl groups excluding tert-OH is 2. The fourth-order valence-electron chi connectivity index (χ4n) is 0.0527. The van der Waals surface area contributed by atoms with Crippen LogP contribution in [0.4, 0.5) is 0 Å². The molecule has 6 heavy (non-hydrogen) atoms. The zero-order chi connectivity index (χ0) is 4.99. The van der Waals surface area contributed by atoms with E-state index >= 15 is 0 Å². The molecule has 0 aliphatic rings. The maximum absolute atomic E-state index is 8.42. The third-order valence-electron chi connectivity index (χ3n) is 0.403. The summed E-state index contributed by atoms with van der Waals surface area (Å²) in [6.07, 6.45) is -0.505. The first-order valence-electron chi connectivity index (χ1n) is 1.68. The number of hydrogen-bond donors (Lipinski definition) is 2. The van der Waals surface area contributed by atoms with Gasteiger partial charge >= 0.3 is 47.5 Å². The zero-order valence-electron chi connectivity index (χ0n) is 3.29. The SMILES string of the molecule is OCC(O)[CH2][Mo]. The van der Waals surface area contributed by atoms with E-state index in [2.05, 4.69) is 0 Å². The number of rotatable bonds is 2. The van der Waals surface area contributed by atoms with Gasteiger partial charge in [-0.2, -0.15) is 0 Å². The van der Waals surface area contributed by atoms with Gasteiger partial charge in [0, 0.05) is 0 Å². The zero-order valence-corrected chi connectivity index (χ0v) is 5.30. The summed E-state index contributed by atoms with van der Waals surface area (Å²) in [7, 11) is 0. The van der Waals surface area contributed by atoms with Crippen molar-refractivity contribution in [3.63, 3.8) is 0 Å². The molecule has 0 radical (unpaired) electrons. The first-order chi connectivity index (χ1) is 2.81. The molecule has 0 rings (SSSR count). The summed E-state index contributed by atoms with van der Waals surface area (Å²) in [5, 5.41) is 16.5. The van der Waals surface area contributed by atoms with E-state index in [0.29, 0.717) is 4.81 Å². The van der Waals surface area contributed by atoms with E-state index in [1.54, 1.807) is 19.8 Å². The quantitative estimate of drug-likeness (QED) is 0.539. The summed E-state index contributed by atoms with van der Waals surface area (Å²) >= 11 is 1.76. The minimum absolute atomic E-state index is 0.112. The van der Waals surface area contributed by atoms with Crippen LogP contribution in [-0.4, -0.2) is 22.9 Å².